The van der Waals surface area contributed by atoms with Crippen molar-refractivity contribution in [3.05, 3.63) is 48.0 Å². The number of nitrogens with one attached hydrogen (secondary N) is 2. The van der Waals surface area contributed by atoms with E-state index in [1.165, 1.54) is 6.42 Å². The number of carbonyl (C=O) groups is 3. The molecule has 0 aromatic heterocycles. The number of carbonyl (C=O) groups excluding carboxylic acids is 3. The maximum atomic E-state index is 13.5. The summed E-state index contributed by atoms with van der Waals surface area (Å²) in [7, 11) is 3.29. The molecule has 0 spiro atoms. The summed E-state index contributed by atoms with van der Waals surface area (Å²) in [6.07, 6.45) is 4.71. The Labute approximate surface area is 248 Å². The summed E-state index contributed by atoms with van der Waals surface area (Å²) < 4.78 is 11.7. The van der Waals surface area contributed by atoms with Crippen molar-refractivity contribution in [3.63, 3.8) is 0 Å². The summed E-state index contributed by atoms with van der Waals surface area (Å²) >= 11 is 0. The molecule has 4 rings (SSSR count). The monoisotopic (exact) mass is 580 g/mol. The summed E-state index contributed by atoms with van der Waals surface area (Å²) in [5.74, 6) is 0.967. The van der Waals surface area contributed by atoms with E-state index in [1.54, 1.807) is 60.4 Å². The quantitative estimate of drug-likeness (QED) is 0.422. The molecule has 2 aromatic rings. The molecule has 1 fully saturated rings. The van der Waals surface area contributed by atoms with Crippen molar-refractivity contribution in [3.8, 4) is 11.5 Å². The number of aliphatic hydroxyl groups is 1. The van der Waals surface area contributed by atoms with Crippen LogP contribution in [0.3, 0.4) is 0 Å². The number of likely N-dealkylation sites (N-methyl/N-ethyl adjacent to an activating group) is 1. The first kappa shape index (κ1) is 31.2. The van der Waals surface area contributed by atoms with Gasteiger partial charge in [0, 0.05) is 42.4 Å². The van der Waals surface area contributed by atoms with Gasteiger partial charge in [0.25, 0.3) is 0 Å². The van der Waals surface area contributed by atoms with Crippen LogP contribution in [0.2, 0.25) is 0 Å². The fraction of sp³-hybridized carbons (Fsp3) is 0.531. The van der Waals surface area contributed by atoms with Gasteiger partial charge in [0.2, 0.25) is 11.8 Å². The normalized spacial score (nSPS) is 20.2. The number of rotatable bonds is 8. The van der Waals surface area contributed by atoms with Gasteiger partial charge in [0.1, 0.15) is 17.6 Å². The first-order chi connectivity index (χ1) is 20.2. The first-order valence-electron chi connectivity index (χ1n) is 14.9. The summed E-state index contributed by atoms with van der Waals surface area (Å²) in [4.78, 5) is 42.7. The molecule has 1 heterocycles. The van der Waals surface area contributed by atoms with Crippen LogP contribution in [0.15, 0.2) is 42.5 Å². The number of nitrogens with zero attached hydrogens (tertiary/aromatic N) is 2. The minimum atomic E-state index is -0.447. The molecule has 10 nitrogen and oxygen atoms in total. The number of aliphatic hydroxyl groups excluding tert-OH is 1. The Bertz CT molecular complexity index is 1230. The van der Waals surface area contributed by atoms with Gasteiger partial charge in [-0.05, 0) is 62.2 Å². The number of amides is 4. The average molecular weight is 581 g/mol. The van der Waals surface area contributed by atoms with Crippen molar-refractivity contribution < 1.29 is 29.0 Å². The zero-order valence-corrected chi connectivity index (χ0v) is 25.1. The minimum Gasteiger partial charge on any atom is -0.497 e. The number of benzene rings is 2. The summed E-state index contributed by atoms with van der Waals surface area (Å²) in [5, 5.41) is 15.8. The lowest BCUT2D eigenvalue weighted by atomic mass is 9.88. The molecule has 0 radical (unpaired) electrons. The van der Waals surface area contributed by atoms with Crippen molar-refractivity contribution in [1.82, 2.24) is 9.80 Å². The number of methoxy groups -OCH3 is 1. The number of anilines is 2. The van der Waals surface area contributed by atoms with Crippen LogP contribution in [0.4, 0.5) is 16.2 Å². The Morgan fingerprint density at radius 3 is 2.45 bits per heavy atom. The molecule has 1 aliphatic heterocycles. The van der Waals surface area contributed by atoms with Gasteiger partial charge in [-0.15, -0.1) is 0 Å². The number of hydrogen-bond acceptors (Lipinski definition) is 6. The molecule has 228 valence electrons. The molecular formula is C32H44N4O6. The van der Waals surface area contributed by atoms with Crippen LogP contribution in [0, 0.1) is 11.8 Å². The van der Waals surface area contributed by atoms with Gasteiger partial charge < -0.3 is 35.0 Å². The average Bonchev–Trinajstić information content (AvgIpc) is 3.04. The first-order valence-corrected chi connectivity index (χ1v) is 14.9. The van der Waals surface area contributed by atoms with E-state index in [0.29, 0.717) is 35.0 Å². The molecule has 3 atom stereocenters. The van der Waals surface area contributed by atoms with Gasteiger partial charge in [0.05, 0.1) is 32.7 Å². The van der Waals surface area contributed by atoms with Crippen molar-refractivity contribution >= 4 is 29.2 Å². The molecule has 0 bridgehead atoms. The maximum absolute atomic E-state index is 13.5. The highest BCUT2D eigenvalue weighted by atomic mass is 16.5. The third-order valence-electron chi connectivity index (χ3n) is 8.30. The van der Waals surface area contributed by atoms with Crippen LogP contribution in [-0.2, 0) is 16.0 Å². The number of fused-ring (bicyclic) bond motifs is 1. The van der Waals surface area contributed by atoms with E-state index >= 15 is 0 Å². The molecule has 0 unspecified atom stereocenters. The van der Waals surface area contributed by atoms with Gasteiger partial charge in [-0.25, -0.2) is 4.79 Å². The highest BCUT2D eigenvalue weighted by Crippen LogP contribution is 2.31. The van der Waals surface area contributed by atoms with Crippen LogP contribution in [-0.4, -0.2) is 78.8 Å². The molecule has 0 saturated heterocycles. The Hall–Kier alpha value is -3.79. The topological polar surface area (TPSA) is 120 Å². The van der Waals surface area contributed by atoms with Crippen molar-refractivity contribution in [2.45, 2.75) is 64.5 Å². The molecule has 2 aliphatic rings. The summed E-state index contributed by atoms with van der Waals surface area (Å²) in [6, 6.07) is 11.8. The lowest BCUT2D eigenvalue weighted by Gasteiger charge is -2.34. The molecular weight excluding hydrogens is 536 g/mol. The zero-order valence-electron chi connectivity index (χ0n) is 25.1. The van der Waals surface area contributed by atoms with Crippen LogP contribution in [0.1, 0.15) is 51.5 Å². The largest absolute Gasteiger partial charge is 0.497 e. The van der Waals surface area contributed by atoms with E-state index in [1.807, 2.05) is 19.9 Å². The van der Waals surface area contributed by atoms with E-state index < -0.39 is 6.10 Å². The standard InChI is InChI=1S/C32H44N4O6/c1-21-18-36(22(2)20-37)30(38)17-24-16-26(33-31(39)23-8-6-5-7-9-23)12-15-28(24)42-29(21)19-35(3)32(40)34-25-10-13-27(41-4)14-11-25/h10-16,21-23,29,37H,5-9,17-20H2,1-4H3,(H,33,39)(H,34,40)/t21-,22-,29+/m0/s1. The lowest BCUT2D eigenvalue weighted by Crippen LogP contribution is -2.48. The third kappa shape index (κ3) is 7.94. The molecule has 10 heteroatoms. The van der Waals surface area contributed by atoms with Gasteiger partial charge in [0.15, 0.2) is 0 Å². The molecule has 2 aromatic carbocycles. The van der Waals surface area contributed by atoms with Crippen LogP contribution in [0.5, 0.6) is 11.5 Å². The van der Waals surface area contributed by atoms with Crippen LogP contribution < -0.4 is 20.1 Å². The van der Waals surface area contributed by atoms with Gasteiger partial charge >= 0.3 is 6.03 Å². The van der Waals surface area contributed by atoms with Crippen molar-refractivity contribution in [2.24, 2.45) is 11.8 Å². The second kappa shape index (κ2) is 14.4. The van der Waals surface area contributed by atoms with Crippen molar-refractivity contribution in [2.75, 3.05) is 44.5 Å². The molecule has 42 heavy (non-hydrogen) atoms. The number of urea groups is 1. The second-order valence-corrected chi connectivity index (χ2v) is 11.6. The van der Waals surface area contributed by atoms with Gasteiger partial charge in [-0.1, -0.05) is 26.2 Å². The maximum Gasteiger partial charge on any atom is 0.321 e. The molecule has 4 amide bonds. The van der Waals surface area contributed by atoms with Crippen LogP contribution >= 0.6 is 0 Å². The third-order valence-corrected chi connectivity index (χ3v) is 8.30. The van der Waals surface area contributed by atoms with Gasteiger partial charge in [-0.2, -0.15) is 0 Å². The smallest absolute Gasteiger partial charge is 0.321 e. The highest BCUT2D eigenvalue weighted by molar-refractivity contribution is 5.93. The highest BCUT2D eigenvalue weighted by Gasteiger charge is 2.32. The Morgan fingerprint density at radius 1 is 1.10 bits per heavy atom. The zero-order chi connectivity index (χ0) is 30.2. The summed E-state index contributed by atoms with van der Waals surface area (Å²) in [6.45, 7) is 4.25. The predicted molar refractivity (Wildman–Crippen MR) is 162 cm³/mol. The van der Waals surface area contributed by atoms with E-state index in [2.05, 4.69) is 10.6 Å². The van der Waals surface area contributed by atoms with Crippen molar-refractivity contribution in [1.29, 1.82) is 0 Å². The fourth-order valence-electron chi connectivity index (χ4n) is 5.58. The van der Waals surface area contributed by atoms with Gasteiger partial charge in [-0.3, -0.25) is 9.59 Å². The number of ether oxygens (including phenoxy) is 2. The Kier molecular flexibility index (Phi) is 10.7. The van der Waals surface area contributed by atoms with E-state index in [-0.39, 0.29) is 55.3 Å². The Morgan fingerprint density at radius 2 is 1.79 bits per heavy atom. The molecule has 1 aliphatic carbocycles. The molecule has 1 saturated carbocycles. The Balaban J connectivity index is 1.54. The number of hydrogen-bond donors (Lipinski definition) is 3. The SMILES string of the molecule is COc1ccc(NC(=O)N(C)C[C@H]2Oc3ccc(NC(=O)C4CCCCC4)cc3CC(=O)N([C@@H](C)CO)C[C@@H]2C)cc1. The van der Waals surface area contributed by atoms with E-state index in [9.17, 15) is 19.5 Å². The van der Waals surface area contributed by atoms with E-state index in [4.69, 9.17) is 9.47 Å². The van der Waals surface area contributed by atoms with Crippen LogP contribution in [0.25, 0.3) is 0 Å². The van der Waals surface area contributed by atoms with E-state index in [0.717, 1.165) is 25.7 Å². The minimum absolute atomic E-state index is 0.00701. The molecule has 3 N–H and O–H groups in total. The predicted octanol–water partition coefficient (Wildman–Crippen LogP) is 4.53. The summed E-state index contributed by atoms with van der Waals surface area (Å²) in [5.41, 5.74) is 1.92. The lowest BCUT2D eigenvalue weighted by molar-refractivity contribution is -0.134. The fourth-order valence-corrected chi connectivity index (χ4v) is 5.58. The second-order valence-electron chi connectivity index (χ2n) is 11.6.